The first-order chi connectivity index (χ1) is 4.36. The average Bonchev–Trinajstić information content (AvgIpc) is 2.34. The van der Waals surface area contributed by atoms with Crippen molar-refractivity contribution in [1.82, 2.24) is 0 Å². The largest absolute Gasteiger partial charge is 0.457 e. The van der Waals surface area contributed by atoms with E-state index in [0.717, 1.165) is 0 Å². The summed E-state index contributed by atoms with van der Waals surface area (Å²) >= 11 is 0. The van der Waals surface area contributed by atoms with Crippen molar-refractivity contribution in [2.24, 2.45) is 0 Å². The topological polar surface area (TPSA) is 13.1 Å². The summed E-state index contributed by atoms with van der Waals surface area (Å²) in [4.78, 5) is 0. The van der Waals surface area contributed by atoms with Crippen LogP contribution >= 0.6 is 0 Å². The average molecular weight is 118 g/mol. The molecular weight excluding hydrogens is 112 g/mol. The van der Waals surface area contributed by atoms with Gasteiger partial charge in [-0.25, -0.2) is 0 Å². The van der Waals surface area contributed by atoms with Crippen LogP contribution in [-0.2, 0) is 0 Å². The Hall–Kier alpha value is -1.24. The summed E-state index contributed by atoms with van der Waals surface area (Å²) in [6.45, 7) is 10.3. The minimum atomic E-state index is 0.631. The molecule has 44 valence electrons. The maximum Gasteiger partial charge on any atom is 0.127 e. The molecule has 0 saturated heterocycles. The van der Waals surface area contributed by atoms with E-state index in [-0.39, 0.29) is 0 Å². The monoisotopic (exact) mass is 118 g/mol. The first-order valence-electron chi connectivity index (χ1n) is 2.56. The van der Waals surface area contributed by atoms with Crippen LogP contribution in [-0.4, -0.2) is 0 Å². The van der Waals surface area contributed by atoms with Crippen LogP contribution in [0, 0.1) is 13.2 Å². The van der Waals surface area contributed by atoms with Gasteiger partial charge in [-0.1, -0.05) is 13.2 Å². The molecule has 0 aliphatic heterocycles. The fourth-order valence-corrected chi connectivity index (χ4v) is 0.548. The van der Waals surface area contributed by atoms with E-state index in [1.807, 2.05) is 0 Å². The van der Waals surface area contributed by atoms with Gasteiger partial charge in [0.15, 0.2) is 0 Å². The molecule has 1 heteroatoms. The molecule has 0 spiro atoms. The molecule has 0 bridgehead atoms. The van der Waals surface area contributed by atoms with Crippen LogP contribution in [0.3, 0.4) is 0 Å². The lowest BCUT2D eigenvalue weighted by Gasteiger charge is -1.80. The van der Waals surface area contributed by atoms with Crippen molar-refractivity contribution in [3.05, 3.63) is 36.8 Å². The molecule has 1 rings (SSSR count). The molecule has 9 heavy (non-hydrogen) atoms. The zero-order chi connectivity index (χ0) is 6.69. The highest BCUT2D eigenvalue weighted by molar-refractivity contribution is 5.44. The van der Waals surface area contributed by atoms with Gasteiger partial charge >= 0.3 is 0 Å². The summed E-state index contributed by atoms with van der Waals surface area (Å²) in [5, 5.41) is 0. The number of furan rings is 1. The third-order valence-electron chi connectivity index (χ3n) is 0.976. The molecule has 0 unspecified atom stereocenters. The van der Waals surface area contributed by atoms with E-state index >= 15 is 0 Å². The SMILES string of the molecule is [CH]=Cc1ccc(C=[CH])o1. The van der Waals surface area contributed by atoms with E-state index in [1.54, 1.807) is 12.1 Å². The molecule has 0 N–H and O–H groups in total. The highest BCUT2D eigenvalue weighted by Gasteiger charge is 1.90. The van der Waals surface area contributed by atoms with Crippen LogP contribution in [0.25, 0.3) is 12.2 Å². The second-order valence-corrected chi connectivity index (χ2v) is 1.57. The van der Waals surface area contributed by atoms with Crippen molar-refractivity contribution in [3.8, 4) is 0 Å². The number of hydrogen-bond donors (Lipinski definition) is 0. The predicted molar refractivity (Wildman–Crippen MR) is 36.2 cm³/mol. The Morgan fingerprint density at radius 2 is 1.56 bits per heavy atom. The summed E-state index contributed by atoms with van der Waals surface area (Å²) in [5.41, 5.74) is 0. The minimum absolute atomic E-state index is 0.631. The first-order valence-corrected chi connectivity index (χ1v) is 2.56. The molecule has 1 heterocycles. The van der Waals surface area contributed by atoms with Gasteiger partial charge in [0.05, 0.1) is 0 Å². The third-order valence-corrected chi connectivity index (χ3v) is 0.976. The normalized spacial score (nSPS) is 8.89. The zero-order valence-corrected chi connectivity index (χ0v) is 4.87. The molecule has 1 nitrogen and oxygen atoms in total. The summed E-state index contributed by atoms with van der Waals surface area (Å²) in [5.74, 6) is 1.26. The fourth-order valence-electron chi connectivity index (χ4n) is 0.548. The Bertz CT molecular complexity index is 198. The molecule has 0 amide bonds. The van der Waals surface area contributed by atoms with Crippen LogP contribution in [0.5, 0.6) is 0 Å². The third kappa shape index (κ3) is 1.11. The van der Waals surface area contributed by atoms with E-state index in [1.165, 1.54) is 12.2 Å². The van der Waals surface area contributed by atoms with Crippen LogP contribution in [0.4, 0.5) is 0 Å². The van der Waals surface area contributed by atoms with Gasteiger partial charge in [-0.3, -0.25) is 0 Å². The van der Waals surface area contributed by atoms with Crippen LogP contribution in [0.1, 0.15) is 11.5 Å². The fraction of sp³-hybridized carbons (Fsp3) is 0. The van der Waals surface area contributed by atoms with Gasteiger partial charge in [-0.2, -0.15) is 0 Å². The smallest absolute Gasteiger partial charge is 0.127 e. The van der Waals surface area contributed by atoms with E-state index in [4.69, 9.17) is 17.6 Å². The van der Waals surface area contributed by atoms with Crippen molar-refractivity contribution in [2.45, 2.75) is 0 Å². The van der Waals surface area contributed by atoms with Crippen molar-refractivity contribution >= 4 is 12.2 Å². The molecular formula is C8H6O. The van der Waals surface area contributed by atoms with Gasteiger partial charge in [0, 0.05) is 0 Å². The predicted octanol–water partition coefficient (Wildman–Crippen LogP) is 2.17. The Kier molecular flexibility index (Phi) is 1.54. The second-order valence-electron chi connectivity index (χ2n) is 1.57. The zero-order valence-electron chi connectivity index (χ0n) is 4.87. The van der Waals surface area contributed by atoms with Crippen molar-refractivity contribution in [2.75, 3.05) is 0 Å². The van der Waals surface area contributed by atoms with Crippen LogP contribution in [0.15, 0.2) is 16.5 Å². The lowest BCUT2D eigenvalue weighted by molar-refractivity contribution is 0.547. The Balaban J connectivity index is 2.98. The number of hydrogen-bond acceptors (Lipinski definition) is 1. The van der Waals surface area contributed by atoms with Gasteiger partial charge in [-0.05, 0) is 24.3 Å². The lowest BCUT2D eigenvalue weighted by atomic mass is 10.4. The Morgan fingerprint density at radius 1 is 1.11 bits per heavy atom. The molecule has 0 atom stereocenters. The number of rotatable bonds is 2. The van der Waals surface area contributed by atoms with Crippen molar-refractivity contribution < 1.29 is 4.42 Å². The van der Waals surface area contributed by atoms with E-state index in [9.17, 15) is 0 Å². The summed E-state index contributed by atoms with van der Waals surface area (Å²) < 4.78 is 5.02. The maximum absolute atomic E-state index is 5.14. The highest BCUT2D eigenvalue weighted by atomic mass is 16.3. The van der Waals surface area contributed by atoms with E-state index in [0.29, 0.717) is 11.5 Å². The van der Waals surface area contributed by atoms with Gasteiger partial charge < -0.3 is 4.42 Å². The molecule has 0 aliphatic rings. The molecule has 0 aliphatic carbocycles. The Morgan fingerprint density at radius 3 is 1.78 bits per heavy atom. The quantitative estimate of drug-likeness (QED) is 0.580. The van der Waals surface area contributed by atoms with E-state index < -0.39 is 0 Å². The molecule has 2 radical (unpaired) electrons. The first kappa shape index (κ1) is 5.89. The van der Waals surface area contributed by atoms with Gasteiger partial charge in [0.2, 0.25) is 0 Å². The minimum Gasteiger partial charge on any atom is -0.457 e. The standard InChI is InChI=1S/C8H6O/c1-3-7-5-6-8(4-2)9-7/h1-6H. The molecule has 0 saturated carbocycles. The maximum atomic E-state index is 5.14. The molecule has 1 aromatic rings. The van der Waals surface area contributed by atoms with Crippen molar-refractivity contribution in [1.29, 1.82) is 0 Å². The van der Waals surface area contributed by atoms with Crippen LogP contribution < -0.4 is 0 Å². The molecule has 0 fully saturated rings. The van der Waals surface area contributed by atoms with Gasteiger partial charge in [0.1, 0.15) is 11.5 Å². The highest BCUT2D eigenvalue weighted by Crippen LogP contribution is 2.08. The summed E-state index contributed by atoms with van der Waals surface area (Å²) in [6.07, 6.45) is 2.76. The summed E-state index contributed by atoms with van der Waals surface area (Å²) in [7, 11) is 0. The Labute approximate surface area is 54.3 Å². The second kappa shape index (κ2) is 2.35. The van der Waals surface area contributed by atoms with Crippen molar-refractivity contribution in [3.63, 3.8) is 0 Å². The lowest BCUT2D eigenvalue weighted by Crippen LogP contribution is -1.56. The van der Waals surface area contributed by atoms with Gasteiger partial charge in [0.25, 0.3) is 0 Å². The van der Waals surface area contributed by atoms with Gasteiger partial charge in [-0.15, -0.1) is 0 Å². The van der Waals surface area contributed by atoms with Crippen LogP contribution in [0.2, 0.25) is 0 Å². The molecule has 0 aromatic carbocycles. The summed E-state index contributed by atoms with van der Waals surface area (Å²) in [6, 6.07) is 3.50. The molecule has 1 aromatic heterocycles. The van der Waals surface area contributed by atoms with E-state index in [2.05, 4.69) is 0 Å².